The van der Waals surface area contributed by atoms with Crippen molar-refractivity contribution < 1.29 is 13.2 Å². The van der Waals surface area contributed by atoms with E-state index in [2.05, 4.69) is 15.0 Å². The molecule has 0 aliphatic carbocycles. The van der Waals surface area contributed by atoms with E-state index in [0.717, 1.165) is 25.9 Å². The summed E-state index contributed by atoms with van der Waals surface area (Å²) in [5.41, 5.74) is 0.599. The Balaban J connectivity index is 0.00000243. The second-order valence-corrected chi connectivity index (χ2v) is 8.03. The summed E-state index contributed by atoms with van der Waals surface area (Å²) in [6, 6.07) is 7.08. The average Bonchev–Trinajstić information content (AvgIpc) is 3.15. The van der Waals surface area contributed by atoms with Crippen LogP contribution < -0.4 is 10.0 Å². The lowest BCUT2D eigenvalue weighted by Crippen LogP contribution is -2.40. The molecule has 144 valence electrons. The third kappa shape index (κ3) is 4.36. The number of benzene rings is 1. The SMILES string of the molecule is CNCC1CCCN1C(=O)CCCN=C1NS(=O)(=O)c2ccccc21.Cl. The Kier molecular flexibility index (Phi) is 7.02. The number of nitrogens with one attached hydrogen (secondary N) is 2. The fraction of sp³-hybridized carbons (Fsp3) is 0.529. The maximum absolute atomic E-state index is 12.4. The highest BCUT2D eigenvalue weighted by Gasteiger charge is 2.30. The highest BCUT2D eigenvalue weighted by atomic mass is 35.5. The number of amidine groups is 1. The first-order chi connectivity index (χ1) is 12.0. The highest BCUT2D eigenvalue weighted by molar-refractivity contribution is 7.90. The maximum atomic E-state index is 12.4. The summed E-state index contributed by atoms with van der Waals surface area (Å²) < 4.78 is 26.5. The van der Waals surface area contributed by atoms with Gasteiger partial charge in [-0.25, -0.2) is 8.42 Å². The quantitative estimate of drug-likeness (QED) is 0.700. The number of amides is 1. The van der Waals surface area contributed by atoms with Crippen LogP contribution in [-0.4, -0.2) is 57.8 Å². The molecule has 9 heteroatoms. The Hall–Kier alpha value is -1.64. The van der Waals surface area contributed by atoms with E-state index in [9.17, 15) is 13.2 Å². The van der Waals surface area contributed by atoms with Crippen LogP contribution in [0.15, 0.2) is 34.2 Å². The highest BCUT2D eigenvalue weighted by Crippen LogP contribution is 2.22. The van der Waals surface area contributed by atoms with Gasteiger partial charge in [0, 0.05) is 37.7 Å². The van der Waals surface area contributed by atoms with Crippen molar-refractivity contribution >= 4 is 34.2 Å². The van der Waals surface area contributed by atoms with Gasteiger partial charge < -0.3 is 10.2 Å². The van der Waals surface area contributed by atoms with E-state index in [0.29, 0.717) is 30.8 Å². The summed E-state index contributed by atoms with van der Waals surface area (Å²) in [6.07, 6.45) is 3.15. The molecule has 0 aromatic heterocycles. The molecule has 0 saturated carbocycles. The molecule has 26 heavy (non-hydrogen) atoms. The van der Waals surface area contributed by atoms with E-state index in [1.807, 2.05) is 11.9 Å². The first-order valence-corrected chi connectivity index (χ1v) is 10.1. The molecule has 2 aliphatic rings. The van der Waals surface area contributed by atoms with Crippen molar-refractivity contribution in [2.75, 3.05) is 26.7 Å². The van der Waals surface area contributed by atoms with E-state index >= 15 is 0 Å². The van der Waals surface area contributed by atoms with Crippen LogP contribution in [0.3, 0.4) is 0 Å². The number of aliphatic imine (C=N–C) groups is 1. The van der Waals surface area contributed by atoms with Crippen LogP contribution in [0.5, 0.6) is 0 Å². The molecule has 1 saturated heterocycles. The minimum absolute atomic E-state index is 0. The Bertz CT molecular complexity index is 782. The summed E-state index contributed by atoms with van der Waals surface area (Å²) in [4.78, 5) is 18.9. The molecule has 2 aliphatic heterocycles. The number of carbonyl (C=O) groups excluding carboxylic acids is 1. The Morgan fingerprint density at radius 2 is 2.15 bits per heavy atom. The van der Waals surface area contributed by atoms with Gasteiger partial charge in [-0.3, -0.25) is 14.5 Å². The number of carbonyl (C=O) groups is 1. The molecule has 0 radical (unpaired) electrons. The molecule has 0 spiro atoms. The summed E-state index contributed by atoms with van der Waals surface area (Å²) in [5, 5.41) is 3.14. The summed E-state index contributed by atoms with van der Waals surface area (Å²) >= 11 is 0. The number of likely N-dealkylation sites (N-methyl/N-ethyl adjacent to an activating group) is 1. The van der Waals surface area contributed by atoms with Crippen LogP contribution in [0.2, 0.25) is 0 Å². The predicted octanol–water partition coefficient (Wildman–Crippen LogP) is 1.14. The first-order valence-electron chi connectivity index (χ1n) is 8.63. The molecule has 1 aromatic carbocycles. The third-order valence-corrected chi connectivity index (χ3v) is 6.02. The Morgan fingerprint density at radius 1 is 1.38 bits per heavy atom. The molecule has 2 heterocycles. The summed E-state index contributed by atoms with van der Waals surface area (Å²) in [7, 11) is -1.60. The van der Waals surface area contributed by atoms with Crippen molar-refractivity contribution in [3.8, 4) is 0 Å². The van der Waals surface area contributed by atoms with E-state index < -0.39 is 10.0 Å². The smallest absolute Gasteiger partial charge is 0.263 e. The van der Waals surface area contributed by atoms with Crippen LogP contribution >= 0.6 is 12.4 Å². The van der Waals surface area contributed by atoms with Crippen molar-refractivity contribution in [1.29, 1.82) is 0 Å². The summed E-state index contributed by atoms with van der Waals surface area (Å²) in [5.74, 6) is 0.530. The lowest BCUT2D eigenvalue weighted by atomic mass is 10.2. The number of hydrogen-bond acceptors (Lipinski definition) is 5. The van der Waals surface area contributed by atoms with Crippen LogP contribution in [0.1, 0.15) is 31.2 Å². The minimum Gasteiger partial charge on any atom is -0.338 e. The van der Waals surface area contributed by atoms with E-state index in [4.69, 9.17) is 0 Å². The minimum atomic E-state index is -3.50. The van der Waals surface area contributed by atoms with Crippen molar-refractivity contribution in [1.82, 2.24) is 14.9 Å². The molecular formula is C17H25ClN4O3S. The third-order valence-electron chi connectivity index (χ3n) is 4.62. The van der Waals surface area contributed by atoms with Crippen LogP contribution in [0.4, 0.5) is 0 Å². The van der Waals surface area contributed by atoms with Crippen LogP contribution in [0, 0.1) is 0 Å². The number of likely N-dealkylation sites (tertiary alicyclic amines) is 1. The molecular weight excluding hydrogens is 376 g/mol. The predicted molar refractivity (Wildman–Crippen MR) is 103 cm³/mol. The van der Waals surface area contributed by atoms with Crippen molar-refractivity contribution in [2.45, 2.75) is 36.6 Å². The molecule has 1 aromatic rings. The second-order valence-electron chi connectivity index (χ2n) is 6.38. The first kappa shape index (κ1) is 20.7. The zero-order valence-electron chi connectivity index (χ0n) is 14.8. The van der Waals surface area contributed by atoms with Gasteiger partial charge in [-0.1, -0.05) is 12.1 Å². The average molecular weight is 401 g/mol. The molecule has 7 nitrogen and oxygen atoms in total. The van der Waals surface area contributed by atoms with Gasteiger partial charge >= 0.3 is 0 Å². The van der Waals surface area contributed by atoms with Crippen molar-refractivity contribution in [3.05, 3.63) is 29.8 Å². The topological polar surface area (TPSA) is 90.9 Å². The summed E-state index contributed by atoms with van der Waals surface area (Å²) in [6.45, 7) is 2.07. The monoisotopic (exact) mass is 400 g/mol. The Labute approximate surface area is 160 Å². The largest absolute Gasteiger partial charge is 0.338 e. The van der Waals surface area contributed by atoms with Crippen LogP contribution in [-0.2, 0) is 14.8 Å². The van der Waals surface area contributed by atoms with Gasteiger partial charge in [0.1, 0.15) is 5.84 Å². The molecule has 2 N–H and O–H groups in total. The zero-order valence-corrected chi connectivity index (χ0v) is 16.4. The van der Waals surface area contributed by atoms with Gasteiger partial charge in [0.25, 0.3) is 10.0 Å². The van der Waals surface area contributed by atoms with E-state index in [-0.39, 0.29) is 29.3 Å². The van der Waals surface area contributed by atoms with Gasteiger partial charge in [0.2, 0.25) is 5.91 Å². The normalized spacial score (nSPS) is 22.0. The van der Waals surface area contributed by atoms with Crippen molar-refractivity contribution in [3.63, 3.8) is 0 Å². The number of fused-ring (bicyclic) bond motifs is 1. The second kappa shape index (κ2) is 8.83. The van der Waals surface area contributed by atoms with Gasteiger partial charge in [-0.05, 0) is 38.4 Å². The lowest BCUT2D eigenvalue weighted by molar-refractivity contribution is -0.132. The maximum Gasteiger partial charge on any atom is 0.263 e. The number of hydrogen-bond donors (Lipinski definition) is 2. The van der Waals surface area contributed by atoms with Gasteiger partial charge in [-0.2, -0.15) is 0 Å². The number of halogens is 1. The Morgan fingerprint density at radius 3 is 2.92 bits per heavy atom. The fourth-order valence-electron chi connectivity index (χ4n) is 3.43. The standard InChI is InChI=1S/C17H24N4O3S.ClH/c1-18-12-13-6-5-11-21(13)16(22)9-4-10-19-17-14-7-2-3-8-15(14)25(23,24)20-17;/h2-3,7-8,13,18H,4-6,9-12H2,1H3,(H,19,20);1H. The number of rotatable bonds is 6. The number of nitrogens with zero attached hydrogens (tertiary/aromatic N) is 2. The van der Waals surface area contributed by atoms with Gasteiger partial charge in [0.15, 0.2) is 0 Å². The molecule has 1 atom stereocenters. The van der Waals surface area contributed by atoms with Gasteiger partial charge in [-0.15, -0.1) is 12.4 Å². The lowest BCUT2D eigenvalue weighted by Gasteiger charge is -2.24. The molecule has 1 fully saturated rings. The van der Waals surface area contributed by atoms with E-state index in [1.165, 1.54) is 0 Å². The fourth-order valence-corrected chi connectivity index (χ4v) is 4.68. The van der Waals surface area contributed by atoms with Crippen LogP contribution in [0.25, 0.3) is 0 Å². The molecule has 0 bridgehead atoms. The van der Waals surface area contributed by atoms with E-state index in [1.54, 1.807) is 24.3 Å². The number of sulfonamides is 1. The zero-order chi connectivity index (χ0) is 17.9. The molecule has 1 amide bonds. The van der Waals surface area contributed by atoms with Gasteiger partial charge in [0.05, 0.1) is 4.90 Å². The molecule has 1 unspecified atom stereocenters. The molecule has 3 rings (SSSR count). The van der Waals surface area contributed by atoms with Crippen molar-refractivity contribution in [2.24, 2.45) is 4.99 Å².